The smallest absolute Gasteiger partial charge is 0.259 e. The first-order valence-electron chi connectivity index (χ1n) is 9.17. The number of hydrogen-bond donors (Lipinski definition) is 1. The largest absolute Gasteiger partial charge is 0.288 e. The van der Waals surface area contributed by atoms with Gasteiger partial charge in [0, 0.05) is 0 Å². The molecule has 0 radical (unpaired) electrons. The first-order chi connectivity index (χ1) is 12.7. The van der Waals surface area contributed by atoms with Gasteiger partial charge in [-0.25, -0.2) is 0 Å². The number of nitrogens with one attached hydrogen (secondary N) is 1. The minimum Gasteiger partial charge on any atom is -0.288 e. The van der Waals surface area contributed by atoms with Crippen LogP contribution < -0.4 is 5.32 Å². The summed E-state index contributed by atoms with van der Waals surface area (Å²) in [6, 6.07) is 20.6. The van der Waals surface area contributed by atoms with E-state index in [4.69, 9.17) is 0 Å². The van der Waals surface area contributed by atoms with Crippen molar-refractivity contribution < 1.29 is 9.59 Å². The van der Waals surface area contributed by atoms with Crippen molar-refractivity contribution >= 4 is 22.6 Å². The summed E-state index contributed by atoms with van der Waals surface area (Å²) in [7, 11) is 0. The predicted molar refractivity (Wildman–Crippen MR) is 103 cm³/mol. The summed E-state index contributed by atoms with van der Waals surface area (Å²) in [6.07, 6.45) is 5.15. The third-order valence-corrected chi connectivity index (χ3v) is 5.07. The third-order valence-electron chi connectivity index (χ3n) is 5.07. The Hall–Kier alpha value is -2.94. The van der Waals surface area contributed by atoms with Gasteiger partial charge in [-0.1, -0.05) is 61.0 Å². The molecule has 0 saturated carbocycles. The van der Waals surface area contributed by atoms with E-state index in [1.807, 2.05) is 12.1 Å². The molecular formula is C23H21NO2. The highest BCUT2D eigenvalue weighted by molar-refractivity contribution is 6.22. The van der Waals surface area contributed by atoms with Crippen LogP contribution in [0.2, 0.25) is 0 Å². The summed E-state index contributed by atoms with van der Waals surface area (Å²) in [6.45, 7) is 0. The van der Waals surface area contributed by atoms with E-state index in [-0.39, 0.29) is 11.8 Å². The van der Waals surface area contributed by atoms with Crippen molar-refractivity contribution in [2.75, 3.05) is 0 Å². The minimum absolute atomic E-state index is 0.253. The first-order valence-corrected chi connectivity index (χ1v) is 9.17. The highest BCUT2D eigenvalue weighted by Crippen LogP contribution is 2.22. The molecule has 0 unspecified atom stereocenters. The number of fused-ring (bicyclic) bond motifs is 2. The Kier molecular flexibility index (Phi) is 4.53. The molecule has 1 N–H and O–H groups in total. The normalized spacial score (nSPS) is 13.1. The number of aryl methyl sites for hydroxylation is 2. The number of carbonyl (C=O) groups is 2. The van der Waals surface area contributed by atoms with Gasteiger partial charge in [-0.2, -0.15) is 0 Å². The van der Waals surface area contributed by atoms with E-state index in [0.29, 0.717) is 11.1 Å². The monoisotopic (exact) mass is 343 g/mol. The van der Waals surface area contributed by atoms with Crippen molar-refractivity contribution in [2.45, 2.75) is 32.1 Å². The van der Waals surface area contributed by atoms with Gasteiger partial charge < -0.3 is 0 Å². The Labute approximate surface area is 153 Å². The van der Waals surface area contributed by atoms with Crippen LogP contribution in [0.25, 0.3) is 10.8 Å². The lowest BCUT2D eigenvalue weighted by Crippen LogP contribution is -2.20. The zero-order valence-electron chi connectivity index (χ0n) is 14.6. The van der Waals surface area contributed by atoms with Gasteiger partial charge in [0.1, 0.15) is 0 Å². The van der Waals surface area contributed by atoms with E-state index in [0.717, 1.165) is 37.7 Å². The zero-order valence-corrected chi connectivity index (χ0v) is 14.6. The maximum atomic E-state index is 11.9. The SMILES string of the molecule is O=C1NC(=O)c2c(CCCCCc3ccc4ccccc4c3)cccc21. The summed E-state index contributed by atoms with van der Waals surface area (Å²) >= 11 is 0. The molecule has 0 fully saturated rings. The second kappa shape index (κ2) is 7.12. The highest BCUT2D eigenvalue weighted by atomic mass is 16.2. The lowest BCUT2D eigenvalue weighted by Gasteiger charge is -2.07. The molecule has 0 saturated heterocycles. The van der Waals surface area contributed by atoms with Crippen molar-refractivity contribution in [3.8, 4) is 0 Å². The van der Waals surface area contributed by atoms with Crippen LogP contribution in [-0.4, -0.2) is 11.8 Å². The topological polar surface area (TPSA) is 46.2 Å². The van der Waals surface area contributed by atoms with E-state index in [1.165, 1.54) is 16.3 Å². The summed E-state index contributed by atoms with van der Waals surface area (Å²) in [4.78, 5) is 23.7. The summed E-state index contributed by atoms with van der Waals surface area (Å²) in [5.74, 6) is -0.528. The molecule has 4 rings (SSSR count). The highest BCUT2D eigenvalue weighted by Gasteiger charge is 2.28. The van der Waals surface area contributed by atoms with Gasteiger partial charge in [0.25, 0.3) is 11.8 Å². The van der Waals surface area contributed by atoms with Crippen molar-refractivity contribution in [3.63, 3.8) is 0 Å². The van der Waals surface area contributed by atoms with Gasteiger partial charge in [0.05, 0.1) is 11.1 Å². The Morgan fingerprint density at radius 2 is 1.50 bits per heavy atom. The zero-order chi connectivity index (χ0) is 17.9. The fourth-order valence-electron chi connectivity index (χ4n) is 3.71. The third kappa shape index (κ3) is 3.25. The Morgan fingerprint density at radius 3 is 2.38 bits per heavy atom. The van der Waals surface area contributed by atoms with E-state index in [9.17, 15) is 9.59 Å². The second-order valence-corrected chi connectivity index (χ2v) is 6.87. The minimum atomic E-state index is -0.275. The van der Waals surface area contributed by atoms with E-state index in [1.54, 1.807) is 6.07 Å². The Balaban J connectivity index is 1.32. The molecule has 1 aliphatic rings. The number of hydrogen-bond acceptors (Lipinski definition) is 2. The fraction of sp³-hybridized carbons (Fsp3) is 0.217. The molecule has 3 nitrogen and oxygen atoms in total. The molecule has 0 atom stereocenters. The van der Waals surface area contributed by atoms with Crippen LogP contribution in [0.3, 0.4) is 0 Å². The van der Waals surface area contributed by atoms with Gasteiger partial charge >= 0.3 is 0 Å². The van der Waals surface area contributed by atoms with E-state index < -0.39 is 0 Å². The number of benzene rings is 3. The quantitative estimate of drug-likeness (QED) is 0.522. The standard InChI is InChI=1S/C23H21NO2/c25-22-20-12-6-11-18(21(20)23(26)24-22)9-3-1-2-7-16-13-14-17-8-4-5-10-19(17)15-16/h4-6,8,10-15H,1-3,7,9H2,(H,24,25,26). The molecule has 1 heterocycles. The average Bonchev–Trinajstić information content (AvgIpc) is 2.96. The maximum absolute atomic E-state index is 11.9. The van der Waals surface area contributed by atoms with Crippen molar-refractivity contribution in [1.29, 1.82) is 0 Å². The lowest BCUT2D eigenvalue weighted by atomic mass is 9.97. The average molecular weight is 343 g/mol. The van der Waals surface area contributed by atoms with Crippen LogP contribution in [0.15, 0.2) is 60.7 Å². The summed E-state index contributed by atoms with van der Waals surface area (Å²) < 4.78 is 0. The van der Waals surface area contributed by atoms with Crippen LogP contribution in [0.1, 0.15) is 51.1 Å². The molecule has 3 aromatic carbocycles. The second-order valence-electron chi connectivity index (χ2n) is 6.87. The number of amides is 2. The Morgan fingerprint density at radius 1 is 0.692 bits per heavy atom. The molecule has 130 valence electrons. The molecule has 26 heavy (non-hydrogen) atoms. The fourth-order valence-corrected chi connectivity index (χ4v) is 3.71. The molecule has 3 heteroatoms. The maximum Gasteiger partial charge on any atom is 0.259 e. The van der Waals surface area contributed by atoms with Gasteiger partial charge in [-0.15, -0.1) is 0 Å². The van der Waals surface area contributed by atoms with E-state index in [2.05, 4.69) is 47.8 Å². The van der Waals surface area contributed by atoms with Crippen LogP contribution in [-0.2, 0) is 12.8 Å². The molecule has 3 aromatic rings. The molecule has 0 aromatic heterocycles. The molecule has 0 spiro atoms. The molecular weight excluding hydrogens is 322 g/mol. The number of carbonyl (C=O) groups excluding carboxylic acids is 2. The molecule has 0 aliphatic carbocycles. The van der Waals surface area contributed by atoms with Crippen LogP contribution in [0.5, 0.6) is 0 Å². The van der Waals surface area contributed by atoms with Crippen molar-refractivity contribution in [1.82, 2.24) is 5.32 Å². The van der Waals surface area contributed by atoms with Gasteiger partial charge in [0.15, 0.2) is 0 Å². The predicted octanol–water partition coefficient (Wildman–Crippen LogP) is 4.68. The van der Waals surface area contributed by atoms with Crippen LogP contribution in [0.4, 0.5) is 0 Å². The number of rotatable bonds is 6. The van der Waals surface area contributed by atoms with Crippen LogP contribution >= 0.6 is 0 Å². The van der Waals surface area contributed by atoms with Crippen LogP contribution in [0, 0.1) is 0 Å². The molecule has 1 aliphatic heterocycles. The number of imide groups is 1. The number of unbranched alkanes of at least 4 members (excludes halogenated alkanes) is 2. The van der Waals surface area contributed by atoms with Gasteiger partial charge in [-0.3, -0.25) is 14.9 Å². The van der Waals surface area contributed by atoms with Crippen molar-refractivity contribution in [2.24, 2.45) is 0 Å². The van der Waals surface area contributed by atoms with Crippen molar-refractivity contribution in [3.05, 3.63) is 82.9 Å². The molecule has 2 amide bonds. The summed E-state index contributed by atoms with van der Waals surface area (Å²) in [5.41, 5.74) is 3.45. The Bertz CT molecular complexity index is 990. The molecule has 0 bridgehead atoms. The van der Waals surface area contributed by atoms with E-state index >= 15 is 0 Å². The van der Waals surface area contributed by atoms with Gasteiger partial charge in [0.2, 0.25) is 0 Å². The lowest BCUT2D eigenvalue weighted by molar-refractivity contribution is 0.0879. The first kappa shape index (κ1) is 16.5. The van der Waals surface area contributed by atoms with Gasteiger partial charge in [-0.05, 0) is 53.6 Å². The summed E-state index contributed by atoms with van der Waals surface area (Å²) in [5, 5.41) is 4.95.